The fourth-order valence-corrected chi connectivity index (χ4v) is 1.96. The molecule has 2 rings (SSSR count). The summed E-state index contributed by atoms with van der Waals surface area (Å²) < 4.78 is 0. The van der Waals surface area contributed by atoms with Gasteiger partial charge in [-0.25, -0.2) is 0 Å². The lowest BCUT2D eigenvalue weighted by molar-refractivity contribution is -0.121. The standard InChI is InChI=1S/C13H12N4O3/c14-5-2-6-16-10(18)7-17-12(19)8-3-1-4-9(15)11(8)13(17)20/h1,3-4H,2,6-7,15H2,(H,16,18). The Bertz CT molecular complexity index is 633. The third kappa shape index (κ3) is 2.31. The smallest absolute Gasteiger partial charge is 0.264 e. The van der Waals surface area contributed by atoms with Crippen LogP contribution in [-0.4, -0.2) is 35.7 Å². The minimum Gasteiger partial charge on any atom is -0.398 e. The van der Waals surface area contributed by atoms with Crippen molar-refractivity contribution in [2.45, 2.75) is 6.42 Å². The summed E-state index contributed by atoms with van der Waals surface area (Å²) in [6, 6.07) is 6.48. The summed E-state index contributed by atoms with van der Waals surface area (Å²) in [7, 11) is 0. The van der Waals surface area contributed by atoms with Gasteiger partial charge in [-0.3, -0.25) is 19.3 Å². The molecule has 0 fully saturated rings. The fraction of sp³-hybridized carbons (Fsp3) is 0.231. The van der Waals surface area contributed by atoms with Gasteiger partial charge in [0.25, 0.3) is 11.8 Å². The van der Waals surface area contributed by atoms with Crippen molar-refractivity contribution in [3.8, 4) is 6.07 Å². The molecule has 0 radical (unpaired) electrons. The molecular formula is C13H12N4O3. The van der Waals surface area contributed by atoms with Gasteiger partial charge in [0.05, 0.1) is 23.6 Å². The first-order chi connectivity index (χ1) is 9.56. The lowest BCUT2D eigenvalue weighted by Crippen LogP contribution is -2.40. The normalized spacial score (nSPS) is 13.1. The molecule has 3 N–H and O–H groups in total. The third-order valence-electron chi connectivity index (χ3n) is 2.89. The molecule has 1 aromatic rings. The van der Waals surface area contributed by atoms with Crippen LogP contribution in [0.4, 0.5) is 5.69 Å². The molecule has 1 aromatic carbocycles. The first kappa shape index (κ1) is 13.5. The van der Waals surface area contributed by atoms with Crippen LogP contribution in [0.15, 0.2) is 18.2 Å². The second-order valence-corrected chi connectivity index (χ2v) is 4.22. The van der Waals surface area contributed by atoms with E-state index in [9.17, 15) is 14.4 Å². The molecule has 0 aliphatic carbocycles. The average molecular weight is 272 g/mol. The number of hydrogen-bond donors (Lipinski definition) is 2. The maximum absolute atomic E-state index is 12.1. The summed E-state index contributed by atoms with van der Waals surface area (Å²) in [6.07, 6.45) is 0.167. The van der Waals surface area contributed by atoms with E-state index in [-0.39, 0.29) is 36.3 Å². The van der Waals surface area contributed by atoms with Gasteiger partial charge in [0.15, 0.2) is 0 Å². The molecule has 102 valence electrons. The molecule has 3 amide bonds. The minimum absolute atomic E-state index is 0.141. The van der Waals surface area contributed by atoms with E-state index >= 15 is 0 Å². The quantitative estimate of drug-likeness (QED) is 0.451. The van der Waals surface area contributed by atoms with Crippen LogP contribution in [0, 0.1) is 11.3 Å². The first-order valence-electron chi connectivity index (χ1n) is 5.94. The molecule has 7 heteroatoms. The largest absolute Gasteiger partial charge is 0.398 e. The highest BCUT2D eigenvalue weighted by Crippen LogP contribution is 2.27. The Morgan fingerprint density at radius 1 is 1.35 bits per heavy atom. The van der Waals surface area contributed by atoms with Gasteiger partial charge in [-0.05, 0) is 12.1 Å². The summed E-state index contributed by atoms with van der Waals surface area (Å²) in [6.45, 7) is -0.197. The highest BCUT2D eigenvalue weighted by molar-refractivity contribution is 6.24. The van der Waals surface area contributed by atoms with Crippen LogP contribution in [0.25, 0.3) is 0 Å². The van der Waals surface area contributed by atoms with Crippen LogP contribution >= 0.6 is 0 Å². The number of fused-ring (bicyclic) bond motifs is 1. The average Bonchev–Trinajstić information content (AvgIpc) is 2.65. The van der Waals surface area contributed by atoms with E-state index in [1.54, 1.807) is 6.07 Å². The van der Waals surface area contributed by atoms with Crippen molar-refractivity contribution in [1.29, 1.82) is 5.26 Å². The second kappa shape index (κ2) is 5.40. The number of rotatable bonds is 4. The van der Waals surface area contributed by atoms with Crippen LogP contribution in [-0.2, 0) is 4.79 Å². The number of hydrogen-bond acceptors (Lipinski definition) is 5. The van der Waals surface area contributed by atoms with Gasteiger partial charge < -0.3 is 11.1 Å². The van der Waals surface area contributed by atoms with Crippen LogP contribution in [0.3, 0.4) is 0 Å². The molecule has 1 heterocycles. The zero-order valence-electron chi connectivity index (χ0n) is 10.5. The Kier molecular flexibility index (Phi) is 3.66. The van der Waals surface area contributed by atoms with Crippen molar-refractivity contribution < 1.29 is 14.4 Å². The molecule has 0 spiro atoms. The number of nitrogens with zero attached hydrogens (tertiary/aromatic N) is 2. The summed E-state index contributed by atoms with van der Waals surface area (Å²) >= 11 is 0. The van der Waals surface area contributed by atoms with Crippen LogP contribution in [0.2, 0.25) is 0 Å². The minimum atomic E-state index is -0.571. The van der Waals surface area contributed by atoms with Gasteiger partial charge in [0, 0.05) is 12.2 Å². The molecule has 1 aliphatic rings. The van der Waals surface area contributed by atoms with E-state index in [1.807, 2.05) is 6.07 Å². The lowest BCUT2D eigenvalue weighted by atomic mass is 10.1. The Hall–Kier alpha value is -2.88. The molecule has 1 aliphatic heterocycles. The molecule has 0 unspecified atom stereocenters. The zero-order valence-corrected chi connectivity index (χ0v) is 10.5. The fourth-order valence-electron chi connectivity index (χ4n) is 1.96. The highest BCUT2D eigenvalue weighted by Gasteiger charge is 2.37. The maximum atomic E-state index is 12.1. The van der Waals surface area contributed by atoms with E-state index in [0.29, 0.717) is 0 Å². The number of amides is 3. The van der Waals surface area contributed by atoms with Crippen molar-refractivity contribution in [2.24, 2.45) is 0 Å². The van der Waals surface area contributed by atoms with Crippen molar-refractivity contribution in [3.05, 3.63) is 29.3 Å². The molecule has 0 saturated heterocycles. The molecular weight excluding hydrogens is 260 g/mol. The molecule has 0 bridgehead atoms. The van der Waals surface area contributed by atoms with Crippen molar-refractivity contribution in [1.82, 2.24) is 10.2 Å². The number of nitrogen functional groups attached to an aromatic ring is 1. The molecule has 20 heavy (non-hydrogen) atoms. The van der Waals surface area contributed by atoms with Crippen LogP contribution < -0.4 is 11.1 Å². The van der Waals surface area contributed by atoms with Crippen LogP contribution in [0.5, 0.6) is 0 Å². The number of imide groups is 1. The summed E-state index contributed by atoms with van der Waals surface area (Å²) in [5.41, 5.74) is 6.24. The van der Waals surface area contributed by atoms with E-state index in [2.05, 4.69) is 5.32 Å². The Morgan fingerprint density at radius 3 is 2.75 bits per heavy atom. The monoisotopic (exact) mass is 272 g/mol. The number of carbonyl (C=O) groups excluding carboxylic acids is 3. The van der Waals surface area contributed by atoms with Crippen molar-refractivity contribution in [2.75, 3.05) is 18.8 Å². The van der Waals surface area contributed by atoms with Gasteiger partial charge in [0.2, 0.25) is 5.91 Å². The van der Waals surface area contributed by atoms with Gasteiger partial charge >= 0.3 is 0 Å². The second-order valence-electron chi connectivity index (χ2n) is 4.22. The lowest BCUT2D eigenvalue weighted by Gasteiger charge is -2.13. The first-order valence-corrected chi connectivity index (χ1v) is 5.94. The summed E-state index contributed by atoms with van der Waals surface area (Å²) in [4.78, 5) is 36.6. The third-order valence-corrected chi connectivity index (χ3v) is 2.89. The van der Waals surface area contributed by atoms with Gasteiger partial charge in [-0.2, -0.15) is 5.26 Å². The molecule has 0 atom stereocenters. The van der Waals surface area contributed by atoms with E-state index in [0.717, 1.165) is 4.90 Å². The maximum Gasteiger partial charge on any atom is 0.264 e. The van der Waals surface area contributed by atoms with Gasteiger partial charge in [-0.15, -0.1) is 0 Å². The number of benzene rings is 1. The number of anilines is 1. The predicted molar refractivity (Wildman–Crippen MR) is 69.5 cm³/mol. The highest BCUT2D eigenvalue weighted by atomic mass is 16.2. The van der Waals surface area contributed by atoms with Gasteiger partial charge in [0.1, 0.15) is 6.54 Å². The van der Waals surface area contributed by atoms with E-state index in [1.165, 1.54) is 12.1 Å². The van der Waals surface area contributed by atoms with Gasteiger partial charge in [-0.1, -0.05) is 6.07 Å². The van der Waals surface area contributed by atoms with Crippen molar-refractivity contribution in [3.63, 3.8) is 0 Å². The molecule has 7 nitrogen and oxygen atoms in total. The van der Waals surface area contributed by atoms with Crippen LogP contribution in [0.1, 0.15) is 27.1 Å². The number of nitrogens with two attached hydrogens (primary N) is 1. The Labute approximate surface area is 115 Å². The van der Waals surface area contributed by atoms with E-state index < -0.39 is 17.7 Å². The summed E-state index contributed by atoms with van der Waals surface area (Å²) in [5.74, 6) is -1.60. The predicted octanol–water partition coefficient (Wildman–Crippen LogP) is -0.105. The van der Waals surface area contributed by atoms with Crippen molar-refractivity contribution >= 4 is 23.4 Å². The number of carbonyl (C=O) groups is 3. The number of nitriles is 1. The number of nitrogens with one attached hydrogen (secondary N) is 1. The topological polar surface area (TPSA) is 116 Å². The molecule has 0 saturated carbocycles. The molecule has 0 aromatic heterocycles. The summed E-state index contributed by atoms with van der Waals surface area (Å²) in [5, 5.41) is 10.8. The SMILES string of the molecule is N#CCCNC(=O)CN1C(=O)c2cccc(N)c2C1=O. The van der Waals surface area contributed by atoms with E-state index in [4.69, 9.17) is 11.0 Å². The Balaban J connectivity index is 2.11. The Morgan fingerprint density at radius 2 is 2.10 bits per heavy atom. The zero-order chi connectivity index (χ0) is 14.7.